The lowest BCUT2D eigenvalue weighted by Gasteiger charge is -2.34. The average Bonchev–Trinajstić information content (AvgIpc) is 2.75. The first-order valence-corrected chi connectivity index (χ1v) is 7.47. The maximum Gasteiger partial charge on any atom is 0.274 e. The van der Waals surface area contributed by atoms with Crippen LogP contribution < -0.4 is 0 Å². The van der Waals surface area contributed by atoms with E-state index in [1.54, 1.807) is 0 Å². The fourth-order valence-electron chi connectivity index (χ4n) is 2.50. The number of carbonyl (C=O) groups is 1. The van der Waals surface area contributed by atoms with Crippen LogP contribution in [0, 0.1) is 5.92 Å². The van der Waals surface area contributed by atoms with E-state index in [4.69, 9.17) is 0 Å². The summed E-state index contributed by atoms with van der Waals surface area (Å²) in [5, 5.41) is 7.14. The van der Waals surface area contributed by atoms with Crippen LogP contribution in [0.1, 0.15) is 62.6 Å². The maximum absolute atomic E-state index is 12.5. The molecular formula is C15H25N3O. The quantitative estimate of drug-likeness (QED) is 0.857. The highest BCUT2D eigenvalue weighted by atomic mass is 16.2. The van der Waals surface area contributed by atoms with E-state index in [9.17, 15) is 4.79 Å². The Bertz CT molecular complexity index is 421. The van der Waals surface area contributed by atoms with Crippen LogP contribution in [-0.2, 0) is 6.42 Å². The molecule has 1 aliphatic carbocycles. The van der Waals surface area contributed by atoms with Gasteiger partial charge >= 0.3 is 0 Å². The molecule has 0 saturated heterocycles. The van der Waals surface area contributed by atoms with Gasteiger partial charge in [-0.15, -0.1) is 0 Å². The average molecular weight is 263 g/mol. The molecule has 1 aromatic heterocycles. The molecule has 1 aliphatic rings. The lowest BCUT2D eigenvalue weighted by molar-refractivity contribution is 0.0626. The summed E-state index contributed by atoms with van der Waals surface area (Å²) in [7, 11) is 0. The van der Waals surface area contributed by atoms with E-state index in [1.807, 2.05) is 11.0 Å². The number of hydrogen-bond donors (Lipinski definition) is 1. The van der Waals surface area contributed by atoms with Crippen LogP contribution in [0.3, 0.4) is 0 Å². The molecule has 106 valence electrons. The van der Waals surface area contributed by atoms with E-state index in [1.165, 1.54) is 19.3 Å². The zero-order chi connectivity index (χ0) is 13.8. The summed E-state index contributed by atoms with van der Waals surface area (Å²) in [5.41, 5.74) is 1.62. The SMILES string of the molecule is CCCc1cc(C(=O)N(CC2CCC2)C(C)C)n[nH]1. The number of aryl methyl sites for hydroxylation is 1. The van der Waals surface area contributed by atoms with Crippen molar-refractivity contribution in [2.24, 2.45) is 5.92 Å². The standard InChI is InChI=1S/C15H25N3O/c1-4-6-13-9-14(17-16-13)15(19)18(11(2)3)10-12-7-5-8-12/h9,11-12H,4-8,10H2,1-3H3,(H,16,17). The van der Waals surface area contributed by atoms with Crippen LogP contribution in [-0.4, -0.2) is 33.6 Å². The Hall–Kier alpha value is -1.32. The van der Waals surface area contributed by atoms with Crippen LogP contribution in [0.2, 0.25) is 0 Å². The summed E-state index contributed by atoms with van der Waals surface area (Å²) < 4.78 is 0. The van der Waals surface area contributed by atoms with Gasteiger partial charge in [-0.3, -0.25) is 9.89 Å². The zero-order valence-electron chi connectivity index (χ0n) is 12.3. The molecule has 0 atom stereocenters. The molecule has 1 aromatic rings. The molecule has 0 unspecified atom stereocenters. The molecule has 1 N–H and O–H groups in total. The van der Waals surface area contributed by atoms with Crippen molar-refractivity contribution in [1.82, 2.24) is 15.1 Å². The van der Waals surface area contributed by atoms with Gasteiger partial charge in [0, 0.05) is 18.3 Å². The Kier molecular flexibility index (Phi) is 4.61. The Morgan fingerprint density at radius 2 is 2.26 bits per heavy atom. The van der Waals surface area contributed by atoms with Gasteiger partial charge in [0.1, 0.15) is 5.69 Å². The highest BCUT2D eigenvalue weighted by molar-refractivity contribution is 5.92. The van der Waals surface area contributed by atoms with E-state index in [0.717, 1.165) is 25.1 Å². The minimum atomic E-state index is 0.0699. The lowest BCUT2D eigenvalue weighted by atomic mass is 9.85. The van der Waals surface area contributed by atoms with Crippen molar-refractivity contribution in [3.05, 3.63) is 17.5 Å². The summed E-state index contributed by atoms with van der Waals surface area (Å²) in [5.74, 6) is 0.765. The third kappa shape index (κ3) is 3.37. The Labute approximate surface area is 115 Å². The number of H-pyrrole nitrogens is 1. The molecule has 4 heteroatoms. The number of rotatable bonds is 6. The van der Waals surface area contributed by atoms with Crippen molar-refractivity contribution in [1.29, 1.82) is 0 Å². The fourth-order valence-corrected chi connectivity index (χ4v) is 2.50. The zero-order valence-corrected chi connectivity index (χ0v) is 12.3. The van der Waals surface area contributed by atoms with Crippen molar-refractivity contribution in [2.45, 2.75) is 58.9 Å². The number of aromatic nitrogens is 2. The topological polar surface area (TPSA) is 49.0 Å². The van der Waals surface area contributed by atoms with Gasteiger partial charge in [-0.1, -0.05) is 19.8 Å². The van der Waals surface area contributed by atoms with Gasteiger partial charge < -0.3 is 4.90 Å². The van der Waals surface area contributed by atoms with Crippen LogP contribution in [0.4, 0.5) is 0 Å². The molecule has 1 heterocycles. The van der Waals surface area contributed by atoms with Gasteiger partial charge in [-0.25, -0.2) is 0 Å². The number of amides is 1. The Balaban J connectivity index is 2.04. The number of hydrogen-bond acceptors (Lipinski definition) is 2. The molecule has 0 spiro atoms. The number of nitrogens with zero attached hydrogens (tertiary/aromatic N) is 2. The normalized spacial score (nSPS) is 15.6. The molecular weight excluding hydrogens is 238 g/mol. The van der Waals surface area contributed by atoms with E-state index < -0.39 is 0 Å². The third-order valence-electron chi connectivity index (χ3n) is 3.93. The first kappa shape index (κ1) is 14.1. The molecule has 0 radical (unpaired) electrons. The predicted molar refractivity (Wildman–Crippen MR) is 76.1 cm³/mol. The summed E-state index contributed by atoms with van der Waals surface area (Å²) >= 11 is 0. The number of nitrogens with one attached hydrogen (secondary N) is 1. The lowest BCUT2D eigenvalue weighted by Crippen LogP contribution is -2.42. The summed E-state index contributed by atoms with van der Waals surface area (Å²) in [6.07, 6.45) is 5.85. The first-order valence-electron chi connectivity index (χ1n) is 7.47. The minimum Gasteiger partial charge on any atom is -0.335 e. The Morgan fingerprint density at radius 1 is 1.53 bits per heavy atom. The van der Waals surface area contributed by atoms with Crippen LogP contribution in [0.25, 0.3) is 0 Å². The van der Waals surface area contributed by atoms with Crippen molar-refractivity contribution in [3.63, 3.8) is 0 Å². The highest BCUT2D eigenvalue weighted by Gasteiger charge is 2.27. The smallest absolute Gasteiger partial charge is 0.274 e. The first-order chi connectivity index (χ1) is 9.11. The summed E-state index contributed by atoms with van der Waals surface area (Å²) in [4.78, 5) is 14.5. The highest BCUT2D eigenvalue weighted by Crippen LogP contribution is 2.28. The van der Waals surface area contributed by atoms with E-state index in [2.05, 4.69) is 31.0 Å². The second-order valence-electron chi connectivity index (χ2n) is 5.88. The van der Waals surface area contributed by atoms with Crippen LogP contribution >= 0.6 is 0 Å². The molecule has 2 rings (SSSR count). The monoisotopic (exact) mass is 263 g/mol. The molecule has 1 fully saturated rings. The van der Waals surface area contributed by atoms with Crippen molar-refractivity contribution >= 4 is 5.91 Å². The van der Waals surface area contributed by atoms with E-state index >= 15 is 0 Å². The second-order valence-corrected chi connectivity index (χ2v) is 5.88. The molecule has 1 amide bonds. The largest absolute Gasteiger partial charge is 0.335 e. The van der Waals surface area contributed by atoms with Gasteiger partial charge in [0.15, 0.2) is 0 Å². The van der Waals surface area contributed by atoms with Gasteiger partial charge in [0.2, 0.25) is 0 Å². The number of carbonyl (C=O) groups excluding carboxylic acids is 1. The van der Waals surface area contributed by atoms with E-state index in [0.29, 0.717) is 11.6 Å². The molecule has 4 nitrogen and oxygen atoms in total. The van der Waals surface area contributed by atoms with Crippen LogP contribution in [0.5, 0.6) is 0 Å². The van der Waals surface area contributed by atoms with Gasteiger partial charge in [-0.2, -0.15) is 5.10 Å². The molecule has 1 saturated carbocycles. The predicted octanol–water partition coefficient (Wildman–Crippen LogP) is 3.01. The minimum absolute atomic E-state index is 0.0699. The summed E-state index contributed by atoms with van der Waals surface area (Å²) in [6, 6.07) is 2.14. The molecule has 19 heavy (non-hydrogen) atoms. The van der Waals surface area contributed by atoms with Crippen LogP contribution in [0.15, 0.2) is 6.07 Å². The van der Waals surface area contributed by atoms with Gasteiger partial charge in [-0.05, 0) is 45.1 Å². The second kappa shape index (κ2) is 6.22. The molecule has 0 aliphatic heterocycles. The van der Waals surface area contributed by atoms with Gasteiger partial charge in [0.05, 0.1) is 0 Å². The van der Waals surface area contributed by atoms with Crippen molar-refractivity contribution in [2.75, 3.05) is 6.54 Å². The fraction of sp³-hybridized carbons (Fsp3) is 0.733. The van der Waals surface area contributed by atoms with Crippen molar-refractivity contribution in [3.8, 4) is 0 Å². The van der Waals surface area contributed by atoms with Crippen molar-refractivity contribution < 1.29 is 4.79 Å². The molecule has 0 aromatic carbocycles. The van der Waals surface area contributed by atoms with E-state index in [-0.39, 0.29) is 11.9 Å². The maximum atomic E-state index is 12.5. The van der Waals surface area contributed by atoms with Gasteiger partial charge in [0.25, 0.3) is 5.91 Å². The summed E-state index contributed by atoms with van der Waals surface area (Å²) in [6.45, 7) is 7.16. The number of aromatic amines is 1. The molecule has 0 bridgehead atoms. The third-order valence-corrected chi connectivity index (χ3v) is 3.93. The Morgan fingerprint density at radius 3 is 2.79 bits per heavy atom.